The third-order valence-corrected chi connectivity index (χ3v) is 3.57. The Labute approximate surface area is 116 Å². The van der Waals surface area contributed by atoms with Gasteiger partial charge in [-0.15, -0.1) is 0 Å². The second kappa shape index (κ2) is 4.56. The van der Waals surface area contributed by atoms with Crippen LogP contribution in [0.15, 0.2) is 30.3 Å². The average molecular weight is 269 g/mol. The highest BCUT2D eigenvalue weighted by Gasteiger charge is 2.17. The number of esters is 1. The van der Waals surface area contributed by atoms with E-state index in [0.29, 0.717) is 5.56 Å². The van der Waals surface area contributed by atoms with Crippen LogP contribution >= 0.6 is 0 Å². The first-order valence-electron chi connectivity index (χ1n) is 6.33. The minimum Gasteiger partial charge on any atom is -0.497 e. The van der Waals surface area contributed by atoms with Crippen molar-refractivity contribution < 1.29 is 14.3 Å². The highest BCUT2D eigenvalue weighted by molar-refractivity contribution is 6.17. The molecule has 0 bridgehead atoms. The Bertz CT molecular complexity index is 817. The SMILES string of the molecule is COC(=O)c1c(C)ccc2[nH]c3ccc(OC)cc3c12. The molecule has 0 unspecified atom stereocenters. The van der Waals surface area contributed by atoms with Crippen LogP contribution < -0.4 is 4.74 Å². The maximum Gasteiger partial charge on any atom is 0.338 e. The third kappa shape index (κ3) is 1.72. The molecule has 102 valence electrons. The molecule has 20 heavy (non-hydrogen) atoms. The number of aromatic amines is 1. The molecule has 0 saturated carbocycles. The van der Waals surface area contributed by atoms with E-state index in [1.54, 1.807) is 7.11 Å². The molecule has 1 aromatic heterocycles. The van der Waals surface area contributed by atoms with Gasteiger partial charge >= 0.3 is 5.97 Å². The smallest absolute Gasteiger partial charge is 0.338 e. The van der Waals surface area contributed by atoms with Gasteiger partial charge in [0, 0.05) is 21.8 Å². The number of hydrogen-bond acceptors (Lipinski definition) is 3. The van der Waals surface area contributed by atoms with Crippen molar-refractivity contribution in [3.8, 4) is 5.75 Å². The summed E-state index contributed by atoms with van der Waals surface area (Å²) in [4.78, 5) is 15.4. The fourth-order valence-electron chi connectivity index (χ4n) is 2.57. The number of hydrogen-bond donors (Lipinski definition) is 1. The van der Waals surface area contributed by atoms with Crippen LogP contribution in [-0.2, 0) is 4.74 Å². The first-order chi connectivity index (χ1) is 9.65. The topological polar surface area (TPSA) is 51.3 Å². The Balaban J connectivity index is 2.47. The number of carbonyl (C=O) groups excluding carboxylic acids is 1. The van der Waals surface area contributed by atoms with E-state index in [-0.39, 0.29) is 5.97 Å². The number of carbonyl (C=O) groups is 1. The largest absolute Gasteiger partial charge is 0.497 e. The van der Waals surface area contributed by atoms with Crippen LogP contribution in [0.5, 0.6) is 5.75 Å². The third-order valence-electron chi connectivity index (χ3n) is 3.57. The summed E-state index contributed by atoms with van der Waals surface area (Å²) in [5, 5.41) is 1.84. The van der Waals surface area contributed by atoms with Gasteiger partial charge in [-0.2, -0.15) is 0 Å². The number of nitrogens with one attached hydrogen (secondary N) is 1. The zero-order valence-corrected chi connectivity index (χ0v) is 11.6. The van der Waals surface area contributed by atoms with E-state index in [9.17, 15) is 4.79 Å². The quantitative estimate of drug-likeness (QED) is 0.725. The molecule has 1 N–H and O–H groups in total. The molecule has 0 fully saturated rings. The average Bonchev–Trinajstić information content (AvgIpc) is 2.84. The lowest BCUT2D eigenvalue weighted by Gasteiger charge is -2.06. The molecular formula is C16H15NO3. The molecule has 0 aliphatic carbocycles. The van der Waals surface area contributed by atoms with Gasteiger partial charge in [0.25, 0.3) is 0 Å². The summed E-state index contributed by atoms with van der Waals surface area (Å²) in [6.07, 6.45) is 0. The lowest BCUT2D eigenvalue weighted by Crippen LogP contribution is -2.04. The van der Waals surface area contributed by atoms with Gasteiger partial charge < -0.3 is 14.5 Å². The predicted molar refractivity (Wildman–Crippen MR) is 78.4 cm³/mol. The normalized spacial score (nSPS) is 10.9. The summed E-state index contributed by atoms with van der Waals surface area (Å²) in [5.74, 6) is 0.438. The molecular weight excluding hydrogens is 254 g/mol. The van der Waals surface area contributed by atoms with Crippen LogP contribution in [0.1, 0.15) is 15.9 Å². The van der Waals surface area contributed by atoms with Crippen molar-refractivity contribution in [3.05, 3.63) is 41.5 Å². The van der Waals surface area contributed by atoms with Gasteiger partial charge in [-0.25, -0.2) is 4.79 Å². The summed E-state index contributed by atoms with van der Waals surface area (Å²) in [7, 11) is 3.03. The molecule has 0 spiro atoms. The van der Waals surface area contributed by atoms with E-state index >= 15 is 0 Å². The Morgan fingerprint density at radius 3 is 2.55 bits per heavy atom. The van der Waals surface area contributed by atoms with Crippen LogP contribution in [0.4, 0.5) is 0 Å². The summed E-state index contributed by atoms with van der Waals surface area (Å²) in [6, 6.07) is 9.66. The van der Waals surface area contributed by atoms with Gasteiger partial charge in [0.05, 0.1) is 19.8 Å². The second-order valence-corrected chi connectivity index (χ2v) is 4.71. The van der Waals surface area contributed by atoms with Crippen molar-refractivity contribution in [2.45, 2.75) is 6.92 Å². The first-order valence-corrected chi connectivity index (χ1v) is 6.33. The van der Waals surface area contributed by atoms with E-state index in [4.69, 9.17) is 9.47 Å². The molecule has 3 rings (SSSR count). The van der Waals surface area contributed by atoms with E-state index in [1.807, 2.05) is 37.3 Å². The van der Waals surface area contributed by atoms with Crippen molar-refractivity contribution >= 4 is 27.8 Å². The molecule has 4 nitrogen and oxygen atoms in total. The molecule has 0 saturated heterocycles. The Morgan fingerprint density at radius 2 is 1.85 bits per heavy atom. The van der Waals surface area contributed by atoms with Crippen LogP contribution in [0.25, 0.3) is 21.8 Å². The minimum absolute atomic E-state index is 0.322. The Morgan fingerprint density at radius 1 is 1.10 bits per heavy atom. The first kappa shape index (κ1) is 12.5. The van der Waals surface area contributed by atoms with Crippen LogP contribution in [0.2, 0.25) is 0 Å². The standard InChI is InChI=1S/C16H15NO3/c1-9-4-6-13-15(14(9)16(18)20-3)11-8-10(19-2)5-7-12(11)17-13/h4-8,17H,1-3H3. The van der Waals surface area contributed by atoms with Crippen molar-refractivity contribution in [1.82, 2.24) is 4.98 Å². The highest BCUT2D eigenvalue weighted by Crippen LogP contribution is 2.32. The van der Waals surface area contributed by atoms with E-state index in [2.05, 4.69) is 4.98 Å². The van der Waals surface area contributed by atoms with Crippen molar-refractivity contribution in [2.24, 2.45) is 0 Å². The number of fused-ring (bicyclic) bond motifs is 3. The summed E-state index contributed by atoms with van der Waals surface area (Å²) in [5.41, 5.74) is 3.38. The highest BCUT2D eigenvalue weighted by atomic mass is 16.5. The number of methoxy groups -OCH3 is 2. The number of aryl methyl sites for hydroxylation is 1. The van der Waals surface area contributed by atoms with Gasteiger partial charge in [-0.3, -0.25) is 0 Å². The number of rotatable bonds is 2. The van der Waals surface area contributed by atoms with Crippen molar-refractivity contribution in [2.75, 3.05) is 14.2 Å². The Hall–Kier alpha value is -2.49. The van der Waals surface area contributed by atoms with Gasteiger partial charge in [0.1, 0.15) is 5.75 Å². The maximum absolute atomic E-state index is 12.1. The molecule has 1 heterocycles. The Kier molecular flexibility index (Phi) is 2.86. The maximum atomic E-state index is 12.1. The summed E-state index contributed by atoms with van der Waals surface area (Å²) < 4.78 is 10.2. The molecule has 4 heteroatoms. The van der Waals surface area contributed by atoms with Crippen LogP contribution in [0.3, 0.4) is 0 Å². The number of ether oxygens (including phenoxy) is 2. The van der Waals surface area contributed by atoms with Crippen LogP contribution in [-0.4, -0.2) is 25.2 Å². The molecule has 2 aromatic carbocycles. The molecule has 0 aliphatic rings. The molecule has 3 aromatic rings. The van der Waals surface area contributed by atoms with Gasteiger partial charge in [-0.05, 0) is 36.8 Å². The van der Waals surface area contributed by atoms with Crippen molar-refractivity contribution in [1.29, 1.82) is 0 Å². The van der Waals surface area contributed by atoms with E-state index in [0.717, 1.165) is 33.1 Å². The number of benzene rings is 2. The number of aromatic nitrogens is 1. The summed E-state index contributed by atoms with van der Waals surface area (Å²) >= 11 is 0. The van der Waals surface area contributed by atoms with Crippen molar-refractivity contribution in [3.63, 3.8) is 0 Å². The molecule has 0 aliphatic heterocycles. The predicted octanol–water partition coefficient (Wildman–Crippen LogP) is 3.42. The molecule has 0 atom stereocenters. The monoisotopic (exact) mass is 269 g/mol. The fraction of sp³-hybridized carbons (Fsp3) is 0.188. The van der Waals surface area contributed by atoms with Crippen LogP contribution in [0, 0.1) is 6.92 Å². The minimum atomic E-state index is -0.322. The molecule has 0 amide bonds. The number of H-pyrrole nitrogens is 1. The molecule has 0 radical (unpaired) electrons. The van der Waals surface area contributed by atoms with E-state index < -0.39 is 0 Å². The summed E-state index contributed by atoms with van der Waals surface area (Å²) in [6.45, 7) is 1.91. The lowest BCUT2D eigenvalue weighted by atomic mass is 10.0. The second-order valence-electron chi connectivity index (χ2n) is 4.71. The van der Waals surface area contributed by atoms with Gasteiger partial charge in [0.2, 0.25) is 0 Å². The lowest BCUT2D eigenvalue weighted by molar-refractivity contribution is 0.0602. The fourth-order valence-corrected chi connectivity index (χ4v) is 2.57. The van der Waals surface area contributed by atoms with Gasteiger partial charge in [-0.1, -0.05) is 6.07 Å². The van der Waals surface area contributed by atoms with Gasteiger partial charge in [0.15, 0.2) is 0 Å². The van der Waals surface area contributed by atoms with E-state index in [1.165, 1.54) is 7.11 Å². The zero-order valence-electron chi connectivity index (χ0n) is 11.6. The zero-order chi connectivity index (χ0) is 14.3.